The average Bonchev–Trinajstić information content (AvgIpc) is 3.50. The monoisotopic (exact) mass is 452 g/mol. The highest BCUT2D eigenvalue weighted by atomic mass is 16.5. The zero-order valence-electron chi connectivity index (χ0n) is 18.5. The van der Waals surface area contributed by atoms with Gasteiger partial charge in [-0.05, 0) is 19.1 Å². The molecule has 10 nitrogen and oxygen atoms in total. The largest absolute Gasteiger partial charge is 0.506 e. The molecule has 3 heterocycles. The summed E-state index contributed by atoms with van der Waals surface area (Å²) in [7, 11) is 3.02. The molecule has 0 aliphatic carbocycles. The normalized spacial score (nSPS) is 14.7. The zero-order valence-corrected chi connectivity index (χ0v) is 18.5. The number of hydrogen-bond donors (Lipinski definition) is 2. The molecule has 2 aromatic heterocycles. The highest BCUT2D eigenvalue weighted by Gasteiger charge is 2.27. The number of rotatable bonds is 9. The van der Waals surface area contributed by atoms with Crippen LogP contribution in [0.25, 0.3) is 22.6 Å². The Morgan fingerprint density at radius 3 is 2.52 bits per heavy atom. The molecule has 1 aliphatic rings. The van der Waals surface area contributed by atoms with Crippen LogP contribution in [0.4, 0.5) is 0 Å². The fourth-order valence-electron chi connectivity index (χ4n) is 3.64. The summed E-state index contributed by atoms with van der Waals surface area (Å²) in [6.45, 7) is 2.30. The van der Waals surface area contributed by atoms with E-state index in [0.717, 1.165) is 0 Å². The molecule has 0 amide bonds. The maximum absolute atomic E-state index is 13.0. The van der Waals surface area contributed by atoms with E-state index in [1.54, 1.807) is 30.6 Å². The quantitative estimate of drug-likeness (QED) is 0.506. The Kier molecular flexibility index (Phi) is 6.55. The number of aromatic nitrogens is 3. The Bertz CT molecular complexity index is 1230. The van der Waals surface area contributed by atoms with Gasteiger partial charge in [-0.2, -0.15) is 0 Å². The van der Waals surface area contributed by atoms with E-state index in [1.807, 2.05) is 13.0 Å². The van der Waals surface area contributed by atoms with Crippen LogP contribution in [-0.4, -0.2) is 47.3 Å². The van der Waals surface area contributed by atoms with Crippen LogP contribution in [-0.2, 0) is 17.8 Å². The molecule has 2 N–H and O–H groups in total. The van der Waals surface area contributed by atoms with Crippen molar-refractivity contribution in [1.82, 2.24) is 15.2 Å². The van der Waals surface area contributed by atoms with Crippen molar-refractivity contribution in [3.05, 3.63) is 52.4 Å². The van der Waals surface area contributed by atoms with E-state index in [-0.39, 0.29) is 35.3 Å². The Morgan fingerprint density at radius 1 is 1.12 bits per heavy atom. The van der Waals surface area contributed by atoms with Crippen molar-refractivity contribution in [3.63, 3.8) is 0 Å². The number of aromatic hydroxyl groups is 1. The van der Waals surface area contributed by atoms with Crippen molar-refractivity contribution < 1.29 is 23.7 Å². The van der Waals surface area contributed by atoms with Crippen LogP contribution in [0.2, 0.25) is 0 Å². The number of hydrogen-bond acceptors (Lipinski definition) is 9. The van der Waals surface area contributed by atoms with Crippen molar-refractivity contribution in [3.8, 4) is 39.8 Å². The van der Waals surface area contributed by atoms with Gasteiger partial charge in [-0.25, -0.2) is 0 Å². The van der Waals surface area contributed by atoms with Crippen molar-refractivity contribution in [2.24, 2.45) is 10.9 Å². The number of ether oxygens (including phenoxy) is 3. The Labute approximate surface area is 189 Å². The smallest absolute Gasteiger partial charge is 0.264 e. The maximum Gasteiger partial charge on any atom is 0.264 e. The van der Waals surface area contributed by atoms with Gasteiger partial charge >= 0.3 is 0 Å². The van der Waals surface area contributed by atoms with Crippen LogP contribution in [0.15, 0.2) is 44.7 Å². The van der Waals surface area contributed by atoms with Gasteiger partial charge in [0, 0.05) is 31.4 Å². The molecule has 10 heteroatoms. The highest BCUT2D eigenvalue weighted by Crippen LogP contribution is 2.46. The summed E-state index contributed by atoms with van der Waals surface area (Å²) < 4.78 is 22.3. The van der Waals surface area contributed by atoms with Crippen LogP contribution in [0.5, 0.6) is 17.2 Å². The molecule has 0 bridgehead atoms. The predicted molar refractivity (Wildman–Crippen MR) is 121 cm³/mol. The van der Waals surface area contributed by atoms with E-state index < -0.39 is 5.56 Å². The number of methoxy groups -OCH3 is 2. The van der Waals surface area contributed by atoms with E-state index in [1.165, 1.54) is 14.2 Å². The maximum atomic E-state index is 13.0. The number of nitrogens with one attached hydrogen (secondary N) is 1. The first kappa shape index (κ1) is 22.3. The molecule has 0 saturated heterocycles. The number of benzene rings is 1. The van der Waals surface area contributed by atoms with Gasteiger partial charge in [0.25, 0.3) is 11.4 Å². The molecule has 1 aliphatic heterocycles. The molecule has 1 atom stereocenters. The van der Waals surface area contributed by atoms with Crippen LogP contribution in [0, 0.1) is 5.92 Å². The summed E-state index contributed by atoms with van der Waals surface area (Å²) in [5, 5.41) is 19.4. The molecule has 3 aromatic rings. The van der Waals surface area contributed by atoms with Gasteiger partial charge in [-0.3, -0.25) is 9.79 Å². The van der Waals surface area contributed by atoms with Crippen molar-refractivity contribution in [1.29, 1.82) is 0 Å². The summed E-state index contributed by atoms with van der Waals surface area (Å²) >= 11 is 0. The molecular formula is C23H24N4O6. The SMILES string of the molecule is CCOCc1[nH]c(=O)c(-c2nnc(CC3C=CN=C3)o2)c(O)c1-c1c(OC)cccc1OC. The number of aliphatic imine (C=N–C) groups is 1. The lowest BCUT2D eigenvalue weighted by Gasteiger charge is -2.18. The zero-order chi connectivity index (χ0) is 23.4. The molecule has 0 spiro atoms. The minimum atomic E-state index is -0.586. The Morgan fingerprint density at radius 2 is 1.88 bits per heavy atom. The minimum absolute atomic E-state index is 0.0344. The summed E-state index contributed by atoms with van der Waals surface area (Å²) in [6.07, 6.45) is 5.80. The van der Waals surface area contributed by atoms with Gasteiger partial charge in [0.2, 0.25) is 5.89 Å². The van der Waals surface area contributed by atoms with Gasteiger partial charge in [0.05, 0.1) is 37.6 Å². The van der Waals surface area contributed by atoms with Gasteiger partial charge in [0.15, 0.2) is 0 Å². The molecule has 172 valence electrons. The molecular weight excluding hydrogens is 428 g/mol. The second kappa shape index (κ2) is 9.70. The van der Waals surface area contributed by atoms with Gasteiger partial charge < -0.3 is 28.7 Å². The summed E-state index contributed by atoms with van der Waals surface area (Å²) in [4.78, 5) is 19.8. The van der Waals surface area contributed by atoms with Gasteiger partial charge in [-0.15, -0.1) is 10.2 Å². The average molecular weight is 452 g/mol. The van der Waals surface area contributed by atoms with Crippen LogP contribution in [0.1, 0.15) is 18.5 Å². The van der Waals surface area contributed by atoms with E-state index in [2.05, 4.69) is 20.2 Å². The van der Waals surface area contributed by atoms with Gasteiger partial charge in [0.1, 0.15) is 22.8 Å². The molecule has 1 unspecified atom stereocenters. The predicted octanol–water partition coefficient (Wildman–Crippen LogP) is 3.11. The second-order valence-corrected chi connectivity index (χ2v) is 7.21. The fraction of sp³-hybridized carbons (Fsp3) is 0.304. The standard InChI is InChI=1S/C23H24N4O6/c1-4-32-12-14-18(19-15(30-2)6-5-7-16(19)31-3)21(28)20(22(29)25-14)23-27-26-17(33-23)10-13-8-9-24-11-13/h5-9,11,13H,4,10,12H2,1-3H3,(H2,25,28,29). The topological polar surface area (TPSA) is 132 Å². The summed E-state index contributed by atoms with van der Waals surface area (Å²) in [5.41, 5.74) is 0.375. The summed E-state index contributed by atoms with van der Waals surface area (Å²) in [5.74, 6) is 0.807. The third-order valence-corrected chi connectivity index (χ3v) is 5.18. The van der Waals surface area contributed by atoms with E-state index in [4.69, 9.17) is 18.6 Å². The number of pyridine rings is 1. The first-order chi connectivity index (χ1) is 16.1. The number of H-pyrrole nitrogens is 1. The first-order valence-corrected chi connectivity index (χ1v) is 10.4. The number of nitrogens with zero attached hydrogens (tertiary/aromatic N) is 3. The number of allylic oxidation sites excluding steroid dienone is 1. The molecule has 33 heavy (non-hydrogen) atoms. The van der Waals surface area contributed by atoms with Gasteiger partial charge in [-0.1, -0.05) is 12.1 Å². The lowest BCUT2D eigenvalue weighted by atomic mass is 9.98. The molecule has 0 saturated carbocycles. The third kappa shape index (κ3) is 4.37. The lowest BCUT2D eigenvalue weighted by molar-refractivity contribution is 0.131. The Balaban J connectivity index is 1.88. The molecule has 0 radical (unpaired) electrons. The molecule has 4 rings (SSSR count). The van der Waals surface area contributed by atoms with Crippen molar-refractivity contribution >= 4 is 6.21 Å². The second-order valence-electron chi connectivity index (χ2n) is 7.21. The fourth-order valence-corrected chi connectivity index (χ4v) is 3.64. The highest BCUT2D eigenvalue weighted by molar-refractivity contribution is 5.86. The molecule has 0 fully saturated rings. The lowest BCUT2D eigenvalue weighted by Crippen LogP contribution is -2.15. The molecule has 1 aromatic carbocycles. The third-order valence-electron chi connectivity index (χ3n) is 5.18. The van der Waals surface area contributed by atoms with E-state index >= 15 is 0 Å². The van der Waals surface area contributed by atoms with Crippen molar-refractivity contribution in [2.45, 2.75) is 20.0 Å². The van der Waals surface area contributed by atoms with Crippen LogP contribution >= 0.6 is 0 Å². The van der Waals surface area contributed by atoms with Crippen molar-refractivity contribution in [2.75, 3.05) is 20.8 Å². The number of aromatic amines is 1. The summed E-state index contributed by atoms with van der Waals surface area (Å²) in [6, 6.07) is 5.22. The van der Waals surface area contributed by atoms with E-state index in [0.29, 0.717) is 41.7 Å². The van der Waals surface area contributed by atoms with Crippen LogP contribution < -0.4 is 15.0 Å². The van der Waals surface area contributed by atoms with Crippen LogP contribution in [0.3, 0.4) is 0 Å². The first-order valence-electron chi connectivity index (χ1n) is 10.4. The Hall–Kier alpha value is -3.92. The minimum Gasteiger partial charge on any atom is -0.506 e. The van der Waals surface area contributed by atoms with E-state index in [9.17, 15) is 9.90 Å².